The van der Waals surface area contributed by atoms with E-state index < -0.39 is 26.5 Å². The number of carbonyl (C=O) groups is 2. The van der Waals surface area contributed by atoms with Crippen molar-refractivity contribution in [2.75, 3.05) is 47.5 Å². The molecule has 0 aliphatic heterocycles. The first-order valence-corrected chi connectivity index (χ1v) is 27.9. The van der Waals surface area contributed by atoms with E-state index in [0.717, 1.165) is 51.4 Å². The number of likely N-dealkylation sites (N-methyl/N-ethyl adjacent to an activating group) is 1. The molecule has 0 saturated heterocycles. The molecule has 0 radical (unpaired) electrons. The van der Waals surface area contributed by atoms with Gasteiger partial charge in [0.2, 0.25) is 0 Å². The zero-order valence-electron chi connectivity index (χ0n) is 41.6. The third-order valence-electron chi connectivity index (χ3n) is 11.8. The van der Waals surface area contributed by atoms with Gasteiger partial charge in [-0.2, -0.15) is 0 Å². The molecular formula is C52H102NO8P. The van der Waals surface area contributed by atoms with Crippen molar-refractivity contribution in [2.45, 2.75) is 264 Å². The Bertz CT molecular complexity index is 1060. The predicted molar refractivity (Wildman–Crippen MR) is 259 cm³/mol. The number of phosphoric ester groups is 1. The van der Waals surface area contributed by atoms with Gasteiger partial charge in [-0.1, -0.05) is 219 Å². The van der Waals surface area contributed by atoms with Crippen molar-refractivity contribution in [2.24, 2.45) is 0 Å². The summed E-state index contributed by atoms with van der Waals surface area (Å²) in [5.74, 6) is -0.829. The lowest BCUT2D eigenvalue weighted by Gasteiger charge is -2.28. The second-order valence-electron chi connectivity index (χ2n) is 19.2. The first-order valence-electron chi connectivity index (χ1n) is 26.4. The first-order chi connectivity index (χ1) is 30.0. The standard InChI is InChI=1S/C52H102NO8P/c1-6-8-10-12-14-16-18-20-22-23-24-25-26-27-28-29-31-32-34-36-38-40-42-44-51(54)58-48-50(49-60-62(56,57)59-47-46-53(3,4)5)61-52(55)45-43-41-39-37-35-33-30-21-19-17-15-13-11-9-7-2/h21,30,50H,6-20,22-29,31-49H2,1-5H3/b30-21+/t50-/m0/s1. The number of unbranched alkanes of at least 4 members (excludes halogenated alkanes) is 33. The van der Waals surface area contributed by atoms with Crippen LogP contribution >= 0.6 is 7.82 Å². The molecule has 2 atom stereocenters. The molecule has 0 aliphatic rings. The van der Waals surface area contributed by atoms with Gasteiger partial charge in [0.25, 0.3) is 7.82 Å². The molecule has 0 aromatic carbocycles. The third kappa shape index (κ3) is 48.2. The van der Waals surface area contributed by atoms with Crippen LogP contribution in [0.25, 0.3) is 0 Å². The lowest BCUT2D eigenvalue weighted by Crippen LogP contribution is -2.37. The van der Waals surface area contributed by atoms with Crippen molar-refractivity contribution < 1.29 is 42.1 Å². The Labute approximate surface area is 384 Å². The van der Waals surface area contributed by atoms with Crippen LogP contribution in [0.15, 0.2) is 12.2 Å². The minimum Gasteiger partial charge on any atom is -0.756 e. The van der Waals surface area contributed by atoms with Crippen molar-refractivity contribution in [3.8, 4) is 0 Å². The van der Waals surface area contributed by atoms with Crippen LogP contribution in [0.1, 0.15) is 258 Å². The molecule has 368 valence electrons. The highest BCUT2D eigenvalue weighted by molar-refractivity contribution is 7.45. The molecule has 0 saturated carbocycles. The number of allylic oxidation sites excluding steroid dienone is 2. The summed E-state index contributed by atoms with van der Waals surface area (Å²) in [7, 11) is 1.17. The van der Waals surface area contributed by atoms with Gasteiger partial charge in [0.05, 0.1) is 27.7 Å². The Hall–Kier alpha value is -1.25. The third-order valence-corrected chi connectivity index (χ3v) is 12.7. The number of hydrogen-bond acceptors (Lipinski definition) is 8. The van der Waals surface area contributed by atoms with Crippen molar-refractivity contribution in [1.82, 2.24) is 0 Å². The van der Waals surface area contributed by atoms with Gasteiger partial charge in [-0.15, -0.1) is 0 Å². The van der Waals surface area contributed by atoms with E-state index in [1.807, 2.05) is 21.1 Å². The molecule has 0 aromatic heterocycles. The van der Waals surface area contributed by atoms with Crippen LogP contribution in [0.2, 0.25) is 0 Å². The number of hydrogen-bond donors (Lipinski definition) is 0. The number of carbonyl (C=O) groups excluding carboxylic acids is 2. The van der Waals surface area contributed by atoms with E-state index >= 15 is 0 Å². The lowest BCUT2D eigenvalue weighted by atomic mass is 10.0. The Morgan fingerprint density at radius 1 is 0.484 bits per heavy atom. The van der Waals surface area contributed by atoms with Gasteiger partial charge in [-0.05, 0) is 38.5 Å². The van der Waals surface area contributed by atoms with Crippen LogP contribution in [0.4, 0.5) is 0 Å². The van der Waals surface area contributed by atoms with Crippen LogP contribution in [0, 0.1) is 0 Å². The molecule has 0 rings (SSSR count). The van der Waals surface area contributed by atoms with Crippen molar-refractivity contribution in [3.63, 3.8) is 0 Å². The minimum atomic E-state index is -4.63. The number of quaternary nitrogens is 1. The number of nitrogens with zero attached hydrogens (tertiary/aromatic N) is 1. The van der Waals surface area contributed by atoms with Gasteiger partial charge in [0.1, 0.15) is 19.8 Å². The molecule has 0 N–H and O–H groups in total. The van der Waals surface area contributed by atoms with Gasteiger partial charge in [0, 0.05) is 12.8 Å². The fourth-order valence-corrected chi connectivity index (χ4v) is 8.38. The molecule has 0 fully saturated rings. The van der Waals surface area contributed by atoms with Gasteiger partial charge in [-0.3, -0.25) is 14.2 Å². The highest BCUT2D eigenvalue weighted by atomic mass is 31.2. The zero-order valence-corrected chi connectivity index (χ0v) is 42.5. The summed E-state index contributed by atoms with van der Waals surface area (Å²) in [5.41, 5.74) is 0. The van der Waals surface area contributed by atoms with Crippen molar-refractivity contribution >= 4 is 19.8 Å². The molecule has 0 aliphatic carbocycles. The number of rotatable bonds is 49. The fraction of sp³-hybridized carbons (Fsp3) is 0.923. The molecule has 1 unspecified atom stereocenters. The Morgan fingerprint density at radius 3 is 1.19 bits per heavy atom. The van der Waals surface area contributed by atoms with E-state index in [0.29, 0.717) is 17.4 Å². The van der Waals surface area contributed by atoms with E-state index in [-0.39, 0.29) is 32.0 Å². The van der Waals surface area contributed by atoms with Gasteiger partial charge < -0.3 is 27.9 Å². The summed E-state index contributed by atoms with van der Waals surface area (Å²) in [6, 6.07) is 0. The Balaban J connectivity index is 4.15. The summed E-state index contributed by atoms with van der Waals surface area (Å²) < 4.78 is 34.0. The SMILES string of the molecule is CCCCCCCC/C=C/CCCCCCCC(=O)O[C@@H](COC(=O)CCCCCCCCCCCCCCCCCCCCCCCCC)COP(=O)([O-])OCC[N+](C)(C)C. The van der Waals surface area contributed by atoms with E-state index in [1.54, 1.807) is 0 Å². The van der Waals surface area contributed by atoms with Gasteiger partial charge in [-0.25, -0.2) is 0 Å². The Kier molecular flexibility index (Phi) is 44.0. The molecule has 0 amide bonds. The van der Waals surface area contributed by atoms with Crippen LogP contribution < -0.4 is 4.89 Å². The second-order valence-corrected chi connectivity index (χ2v) is 20.7. The Morgan fingerprint density at radius 2 is 0.823 bits per heavy atom. The van der Waals surface area contributed by atoms with Crippen LogP contribution in [-0.4, -0.2) is 70.0 Å². The largest absolute Gasteiger partial charge is 0.756 e. The topological polar surface area (TPSA) is 111 Å². The van der Waals surface area contributed by atoms with Crippen molar-refractivity contribution in [3.05, 3.63) is 12.2 Å². The molecule has 9 nitrogen and oxygen atoms in total. The summed E-state index contributed by atoms with van der Waals surface area (Å²) in [6.45, 7) is 4.26. The van der Waals surface area contributed by atoms with E-state index in [4.69, 9.17) is 18.5 Å². The quantitative estimate of drug-likeness (QED) is 0.0195. The summed E-state index contributed by atoms with van der Waals surface area (Å²) >= 11 is 0. The summed E-state index contributed by atoms with van der Waals surface area (Å²) in [5, 5.41) is 0. The highest BCUT2D eigenvalue weighted by Crippen LogP contribution is 2.38. The molecule has 62 heavy (non-hydrogen) atoms. The van der Waals surface area contributed by atoms with E-state index in [1.165, 1.54) is 173 Å². The van der Waals surface area contributed by atoms with E-state index in [9.17, 15) is 19.0 Å². The van der Waals surface area contributed by atoms with E-state index in [2.05, 4.69) is 26.0 Å². The number of phosphoric acid groups is 1. The van der Waals surface area contributed by atoms with Crippen molar-refractivity contribution in [1.29, 1.82) is 0 Å². The monoisotopic (exact) mass is 900 g/mol. The first kappa shape index (κ1) is 60.8. The highest BCUT2D eigenvalue weighted by Gasteiger charge is 2.21. The molecular weight excluding hydrogens is 798 g/mol. The minimum absolute atomic E-state index is 0.0290. The molecule has 0 bridgehead atoms. The lowest BCUT2D eigenvalue weighted by molar-refractivity contribution is -0.870. The average molecular weight is 900 g/mol. The average Bonchev–Trinajstić information content (AvgIpc) is 3.23. The van der Waals surface area contributed by atoms with Crippen LogP contribution in [0.3, 0.4) is 0 Å². The fourth-order valence-electron chi connectivity index (χ4n) is 7.65. The second kappa shape index (κ2) is 44.9. The normalized spacial score (nSPS) is 13.5. The maximum Gasteiger partial charge on any atom is 0.306 e. The molecule has 10 heteroatoms. The van der Waals surface area contributed by atoms with Gasteiger partial charge >= 0.3 is 11.9 Å². The number of ether oxygens (including phenoxy) is 2. The molecule has 0 aromatic rings. The van der Waals surface area contributed by atoms with Crippen LogP contribution in [0.5, 0.6) is 0 Å². The maximum absolute atomic E-state index is 12.7. The predicted octanol–water partition coefficient (Wildman–Crippen LogP) is 15.1. The summed E-state index contributed by atoms with van der Waals surface area (Å²) in [6.07, 6.45) is 49.6. The van der Waals surface area contributed by atoms with Crippen LogP contribution in [-0.2, 0) is 32.7 Å². The smallest absolute Gasteiger partial charge is 0.306 e. The molecule has 0 heterocycles. The zero-order chi connectivity index (χ0) is 45.7. The van der Waals surface area contributed by atoms with Gasteiger partial charge in [0.15, 0.2) is 6.10 Å². The number of esters is 2. The molecule has 0 spiro atoms. The maximum atomic E-state index is 12.7. The summed E-state index contributed by atoms with van der Waals surface area (Å²) in [4.78, 5) is 37.7.